The van der Waals surface area contributed by atoms with Gasteiger partial charge in [-0.1, -0.05) is 26.1 Å². The van der Waals surface area contributed by atoms with E-state index >= 15 is 0 Å². The van der Waals surface area contributed by atoms with Crippen molar-refractivity contribution in [3.05, 3.63) is 0 Å². The van der Waals surface area contributed by atoms with Gasteiger partial charge >= 0.3 is 0 Å². The Bertz CT molecular complexity index is 326. The molecule has 1 amide bonds. The summed E-state index contributed by atoms with van der Waals surface area (Å²) in [5.74, 6) is 1.04. The van der Waals surface area contributed by atoms with Crippen LogP contribution in [0.1, 0.15) is 34.1 Å². The summed E-state index contributed by atoms with van der Waals surface area (Å²) in [4.78, 5) is 14.6. The zero-order valence-corrected chi connectivity index (χ0v) is 12.7. The minimum Gasteiger partial charge on any atom is -0.392 e. The van der Waals surface area contributed by atoms with Crippen molar-refractivity contribution in [1.82, 2.24) is 4.90 Å². The summed E-state index contributed by atoms with van der Waals surface area (Å²) in [6, 6.07) is 0. The molecule has 0 aliphatic carbocycles. The van der Waals surface area contributed by atoms with Gasteiger partial charge in [-0.25, -0.2) is 0 Å². The van der Waals surface area contributed by atoms with Gasteiger partial charge in [0.2, 0.25) is 5.91 Å². The van der Waals surface area contributed by atoms with Gasteiger partial charge in [0.05, 0.1) is 10.4 Å². The molecule has 3 nitrogen and oxygen atoms in total. The number of hydrogen-bond donors (Lipinski definition) is 1. The van der Waals surface area contributed by atoms with Gasteiger partial charge in [-0.3, -0.25) is 4.79 Å². The smallest absolute Gasteiger partial charge is 0.235 e. The van der Waals surface area contributed by atoms with Crippen LogP contribution in [0.15, 0.2) is 0 Å². The van der Waals surface area contributed by atoms with Crippen molar-refractivity contribution in [3.63, 3.8) is 0 Å². The monoisotopic (exact) mass is 274 g/mol. The average Bonchev–Trinajstić information content (AvgIpc) is 2.38. The quantitative estimate of drug-likeness (QED) is 0.783. The van der Waals surface area contributed by atoms with Crippen molar-refractivity contribution in [2.45, 2.75) is 38.9 Å². The van der Waals surface area contributed by atoms with E-state index < -0.39 is 5.41 Å². The third kappa shape index (κ3) is 3.58. The van der Waals surface area contributed by atoms with E-state index in [0.29, 0.717) is 0 Å². The maximum Gasteiger partial charge on any atom is 0.235 e. The zero-order chi connectivity index (χ0) is 13.3. The lowest BCUT2D eigenvalue weighted by Crippen LogP contribution is -2.48. The largest absolute Gasteiger partial charge is 0.392 e. The minimum absolute atomic E-state index is 0.0586. The summed E-state index contributed by atoms with van der Waals surface area (Å²) < 4.78 is 0.252. The maximum absolute atomic E-state index is 12.4. The Balaban J connectivity index is 2.74. The van der Waals surface area contributed by atoms with E-state index in [-0.39, 0.29) is 15.6 Å². The van der Waals surface area contributed by atoms with E-state index in [0.717, 1.165) is 25.3 Å². The van der Waals surface area contributed by atoms with E-state index in [9.17, 15) is 4.79 Å². The molecule has 1 heterocycles. The van der Waals surface area contributed by atoms with Crippen molar-refractivity contribution >= 4 is 34.9 Å². The lowest BCUT2D eigenvalue weighted by molar-refractivity contribution is -0.136. The number of thiocarbonyl (C=S) groups is 1. The second kappa shape index (κ2) is 5.14. The third-order valence-corrected chi connectivity index (χ3v) is 5.16. The third-order valence-electron chi connectivity index (χ3n) is 3.28. The van der Waals surface area contributed by atoms with Crippen LogP contribution < -0.4 is 5.73 Å². The van der Waals surface area contributed by atoms with Crippen LogP contribution in [0.5, 0.6) is 0 Å². The van der Waals surface area contributed by atoms with Crippen LogP contribution in [0.3, 0.4) is 0 Å². The predicted octanol–water partition coefficient (Wildman–Crippen LogP) is 2.04. The van der Waals surface area contributed by atoms with Crippen molar-refractivity contribution in [1.29, 1.82) is 0 Å². The number of nitrogens with two attached hydrogens (primary N) is 1. The van der Waals surface area contributed by atoms with Crippen molar-refractivity contribution in [2.24, 2.45) is 11.1 Å². The molecule has 0 unspecified atom stereocenters. The maximum atomic E-state index is 12.4. The zero-order valence-electron chi connectivity index (χ0n) is 11.1. The van der Waals surface area contributed by atoms with Crippen LogP contribution in [0.4, 0.5) is 0 Å². The van der Waals surface area contributed by atoms with Crippen molar-refractivity contribution < 1.29 is 4.79 Å². The lowest BCUT2D eigenvalue weighted by Gasteiger charge is -2.30. The molecule has 1 aliphatic rings. The van der Waals surface area contributed by atoms with E-state index in [1.54, 1.807) is 13.8 Å². The Morgan fingerprint density at radius 1 is 1.41 bits per heavy atom. The number of carbonyl (C=O) groups is 1. The topological polar surface area (TPSA) is 46.3 Å². The number of thioether (sulfide) groups is 1. The second-order valence-electron chi connectivity index (χ2n) is 5.64. The van der Waals surface area contributed by atoms with Gasteiger partial charge < -0.3 is 10.6 Å². The second-order valence-corrected chi connectivity index (χ2v) is 7.88. The number of nitrogens with zero attached hydrogens (tertiary/aromatic N) is 1. The van der Waals surface area contributed by atoms with Crippen LogP contribution in [-0.2, 0) is 4.79 Å². The summed E-state index contributed by atoms with van der Waals surface area (Å²) in [6.45, 7) is 9.65. The molecule has 0 bridgehead atoms. The minimum atomic E-state index is -0.728. The molecule has 0 aromatic heterocycles. The Morgan fingerprint density at radius 3 is 2.53 bits per heavy atom. The molecule has 1 rings (SSSR count). The van der Waals surface area contributed by atoms with Gasteiger partial charge in [-0.2, -0.15) is 11.8 Å². The van der Waals surface area contributed by atoms with Crippen LogP contribution in [0, 0.1) is 5.41 Å². The van der Waals surface area contributed by atoms with E-state index in [2.05, 4.69) is 13.8 Å². The summed E-state index contributed by atoms with van der Waals surface area (Å²) in [6.07, 6.45) is 1.01. The molecule has 98 valence electrons. The Labute approximate surface area is 113 Å². The normalized spacial score (nSPS) is 20.8. The Hall–Kier alpha value is -0.290. The van der Waals surface area contributed by atoms with E-state index in [1.807, 2.05) is 16.7 Å². The molecule has 0 radical (unpaired) electrons. The summed E-state index contributed by atoms with van der Waals surface area (Å²) in [5.41, 5.74) is 4.92. The molecule has 0 saturated carbocycles. The first kappa shape index (κ1) is 14.8. The van der Waals surface area contributed by atoms with Gasteiger partial charge in [0.15, 0.2) is 0 Å². The van der Waals surface area contributed by atoms with Crippen LogP contribution >= 0.6 is 24.0 Å². The predicted molar refractivity (Wildman–Crippen MR) is 78.3 cm³/mol. The highest BCUT2D eigenvalue weighted by Crippen LogP contribution is 2.32. The fourth-order valence-electron chi connectivity index (χ4n) is 1.72. The highest BCUT2D eigenvalue weighted by atomic mass is 32.2. The molecule has 2 N–H and O–H groups in total. The fourth-order valence-corrected chi connectivity index (χ4v) is 2.91. The first-order valence-electron chi connectivity index (χ1n) is 5.90. The van der Waals surface area contributed by atoms with Gasteiger partial charge in [-0.05, 0) is 20.3 Å². The van der Waals surface area contributed by atoms with Crippen LogP contribution in [0.2, 0.25) is 0 Å². The molecule has 1 saturated heterocycles. The Kier molecular flexibility index (Phi) is 4.47. The van der Waals surface area contributed by atoms with Crippen molar-refractivity contribution in [3.8, 4) is 0 Å². The standard InChI is InChI=1S/C12H22N2OS2/c1-11(2)5-6-14(7-8-17-11)10(15)12(3,4)9(13)16/h5-8H2,1-4H3,(H2,13,16). The number of rotatable bonds is 2. The highest BCUT2D eigenvalue weighted by Gasteiger charge is 2.36. The molecular formula is C12H22N2OS2. The molecule has 0 aromatic rings. The number of hydrogen-bond acceptors (Lipinski definition) is 3. The average molecular weight is 274 g/mol. The molecular weight excluding hydrogens is 252 g/mol. The van der Waals surface area contributed by atoms with Crippen LogP contribution in [0.25, 0.3) is 0 Å². The fraction of sp³-hybridized carbons (Fsp3) is 0.833. The first-order chi connectivity index (χ1) is 7.67. The number of amides is 1. The summed E-state index contributed by atoms with van der Waals surface area (Å²) >= 11 is 6.90. The molecule has 0 spiro atoms. The van der Waals surface area contributed by atoms with Gasteiger partial charge in [0.1, 0.15) is 0 Å². The van der Waals surface area contributed by atoms with E-state index in [4.69, 9.17) is 18.0 Å². The Morgan fingerprint density at radius 2 is 2.00 bits per heavy atom. The molecule has 17 heavy (non-hydrogen) atoms. The molecule has 1 aliphatic heterocycles. The molecule has 1 fully saturated rings. The number of carbonyl (C=O) groups excluding carboxylic acids is 1. The van der Waals surface area contributed by atoms with Crippen LogP contribution in [-0.4, -0.2) is 39.4 Å². The molecule has 0 atom stereocenters. The molecule has 0 aromatic carbocycles. The lowest BCUT2D eigenvalue weighted by atomic mass is 9.91. The van der Waals surface area contributed by atoms with Crippen molar-refractivity contribution in [2.75, 3.05) is 18.8 Å². The van der Waals surface area contributed by atoms with E-state index in [1.165, 1.54) is 0 Å². The van der Waals surface area contributed by atoms with Gasteiger partial charge in [0, 0.05) is 23.6 Å². The summed E-state index contributed by atoms with van der Waals surface area (Å²) in [7, 11) is 0. The molecule has 5 heteroatoms. The summed E-state index contributed by atoms with van der Waals surface area (Å²) in [5, 5.41) is 0. The first-order valence-corrected chi connectivity index (χ1v) is 7.29. The SMILES string of the molecule is CC1(C)CCN(C(=O)C(C)(C)C(N)=S)CCS1. The van der Waals surface area contributed by atoms with Gasteiger partial charge in [0.25, 0.3) is 0 Å². The van der Waals surface area contributed by atoms with Gasteiger partial charge in [-0.15, -0.1) is 0 Å². The highest BCUT2D eigenvalue weighted by molar-refractivity contribution is 8.00.